The number of carbonyl (C=O) groups is 3. The predicted octanol–water partition coefficient (Wildman–Crippen LogP) is 4.02. The molecular formula is C20H13N3O5S. The second-order valence-corrected chi connectivity index (χ2v) is 7.56. The number of fused-ring (bicyclic) bond motifs is 1. The molecule has 0 radical (unpaired) electrons. The summed E-state index contributed by atoms with van der Waals surface area (Å²) in [5, 5.41) is 13.6. The van der Waals surface area contributed by atoms with E-state index in [9.17, 15) is 24.5 Å². The first-order valence-corrected chi connectivity index (χ1v) is 9.32. The molecule has 144 valence electrons. The highest BCUT2D eigenvalue weighted by molar-refractivity contribution is 7.14. The van der Waals surface area contributed by atoms with Crippen LogP contribution in [0.5, 0.6) is 0 Å². The number of imide groups is 1. The quantitative estimate of drug-likeness (QED) is 0.399. The molecular weight excluding hydrogens is 394 g/mol. The maximum Gasteiger partial charge on any atom is 0.283 e. The lowest BCUT2D eigenvalue weighted by Gasteiger charge is -2.15. The molecule has 0 unspecified atom stereocenters. The number of thiophene rings is 1. The van der Waals surface area contributed by atoms with Gasteiger partial charge in [0.2, 0.25) is 0 Å². The van der Waals surface area contributed by atoms with Crippen LogP contribution in [0, 0.1) is 17.0 Å². The highest BCUT2D eigenvalue weighted by atomic mass is 32.1. The first-order valence-electron chi connectivity index (χ1n) is 8.51. The van der Waals surface area contributed by atoms with Crippen LogP contribution in [-0.2, 0) is 0 Å². The smallest absolute Gasteiger partial charge is 0.283 e. The van der Waals surface area contributed by atoms with Gasteiger partial charge in [0, 0.05) is 11.8 Å². The molecule has 1 N–H and O–H groups in total. The Balaban J connectivity index is 1.59. The summed E-state index contributed by atoms with van der Waals surface area (Å²) >= 11 is 1.02. The van der Waals surface area contributed by atoms with Gasteiger partial charge in [0.1, 0.15) is 0 Å². The van der Waals surface area contributed by atoms with E-state index in [1.54, 1.807) is 49.4 Å². The van der Waals surface area contributed by atoms with E-state index in [-0.39, 0.29) is 10.6 Å². The van der Waals surface area contributed by atoms with Gasteiger partial charge in [-0.2, -0.15) is 0 Å². The zero-order chi connectivity index (χ0) is 20.7. The Hall–Kier alpha value is -3.85. The third kappa shape index (κ3) is 3.17. The molecule has 0 bridgehead atoms. The SMILES string of the molecule is Cc1sc(C(=O)Nc2cccc(N3C(=O)c4ccccc4C3=O)c2)cc1[N+](=O)[O-]. The van der Waals surface area contributed by atoms with Crippen molar-refractivity contribution in [3.05, 3.63) is 85.6 Å². The van der Waals surface area contributed by atoms with Crippen molar-refractivity contribution in [1.82, 2.24) is 0 Å². The first-order chi connectivity index (χ1) is 13.9. The molecule has 0 fully saturated rings. The van der Waals surface area contributed by atoms with E-state index in [0.717, 1.165) is 16.2 Å². The number of nitrogens with one attached hydrogen (secondary N) is 1. The van der Waals surface area contributed by atoms with Crippen molar-refractivity contribution in [1.29, 1.82) is 0 Å². The highest BCUT2D eigenvalue weighted by Gasteiger charge is 2.36. The molecule has 1 aromatic heterocycles. The van der Waals surface area contributed by atoms with E-state index in [4.69, 9.17) is 0 Å². The molecule has 0 saturated heterocycles. The molecule has 9 heteroatoms. The van der Waals surface area contributed by atoms with E-state index in [2.05, 4.69) is 5.32 Å². The lowest BCUT2D eigenvalue weighted by molar-refractivity contribution is -0.385. The zero-order valence-corrected chi connectivity index (χ0v) is 15.9. The summed E-state index contributed by atoms with van der Waals surface area (Å²) in [6.45, 7) is 1.57. The second-order valence-electron chi connectivity index (χ2n) is 6.30. The van der Waals surface area contributed by atoms with Gasteiger partial charge in [-0.1, -0.05) is 18.2 Å². The van der Waals surface area contributed by atoms with Gasteiger partial charge in [-0.15, -0.1) is 11.3 Å². The maximum absolute atomic E-state index is 12.6. The molecule has 2 heterocycles. The standard InChI is InChI=1S/C20H13N3O5S/c1-11-16(23(27)28)10-17(29-11)18(24)21-12-5-4-6-13(9-12)22-19(25)14-7-2-3-8-15(14)20(22)26/h2-10H,1H3,(H,21,24). The summed E-state index contributed by atoms with van der Waals surface area (Å²) in [5.41, 5.74) is 1.22. The van der Waals surface area contributed by atoms with Crippen LogP contribution >= 0.6 is 11.3 Å². The van der Waals surface area contributed by atoms with Crippen LogP contribution in [0.15, 0.2) is 54.6 Å². The third-order valence-corrected chi connectivity index (χ3v) is 5.51. The lowest BCUT2D eigenvalue weighted by Crippen LogP contribution is -2.29. The number of carbonyl (C=O) groups excluding carboxylic acids is 3. The number of benzene rings is 2. The van der Waals surface area contributed by atoms with Crippen molar-refractivity contribution in [3.8, 4) is 0 Å². The van der Waals surface area contributed by atoms with Crippen molar-refractivity contribution in [2.24, 2.45) is 0 Å². The molecule has 29 heavy (non-hydrogen) atoms. The van der Waals surface area contributed by atoms with Crippen LogP contribution in [-0.4, -0.2) is 22.6 Å². The molecule has 0 aliphatic carbocycles. The fourth-order valence-corrected chi connectivity index (χ4v) is 3.99. The maximum atomic E-state index is 12.6. The summed E-state index contributed by atoms with van der Waals surface area (Å²) < 4.78 is 0. The van der Waals surface area contributed by atoms with Crippen LogP contribution in [0.2, 0.25) is 0 Å². The minimum absolute atomic E-state index is 0.111. The predicted molar refractivity (Wildman–Crippen MR) is 108 cm³/mol. The Morgan fingerprint density at radius 3 is 2.28 bits per heavy atom. The van der Waals surface area contributed by atoms with Gasteiger partial charge in [0.05, 0.1) is 31.5 Å². The van der Waals surface area contributed by atoms with Crippen molar-refractivity contribution in [2.45, 2.75) is 6.92 Å². The Kier molecular flexibility index (Phi) is 4.44. The van der Waals surface area contributed by atoms with E-state index >= 15 is 0 Å². The second kappa shape index (κ2) is 6.95. The molecule has 0 saturated carbocycles. The van der Waals surface area contributed by atoms with Gasteiger partial charge >= 0.3 is 0 Å². The summed E-state index contributed by atoms with van der Waals surface area (Å²) in [4.78, 5) is 49.8. The minimum atomic E-state index is -0.536. The Morgan fingerprint density at radius 1 is 1.03 bits per heavy atom. The number of hydrogen-bond donors (Lipinski definition) is 1. The number of nitrogens with zero attached hydrogens (tertiary/aromatic N) is 2. The molecule has 1 aliphatic rings. The number of anilines is 2. The molecule has 3 aromatic rings. The van der Waals surface area contributed by atoms with Crippen molar-refractivity contribution < 1.29 is 19.3 Å². The zero-order valence-electron chi connectivity index (χ0n) is 15.0. The molecule has 8 nitrogen and oxygen atoms in total. The molecule has 4 rings (SSSR count). The van der Waals surface area contributed by atoms with Gasteiger partial charge in [-0.25, -0.2) is 4.90 Å². The van der Waals surface area contributed by atoms with E-state index in [1.807, 2.05) is 0 Å². The Morgan fingerprint density at radius 2 is 1.69 bits per heavy atom. The number of aryl methyl sites for hydroxylation is 1. The largest absolute Gasteiger partial charge is 0.321 e. The monoisotopic (exact) mass is 407 g/mol. The fraction of sp³-hybridized carbons (Fsp3) is 0.0500. The highest BCUT2D eigenvalue weighted by Crippen LogP contribution is 2.31. The summed E-state index contributed by atoms with van der Waals surface area (Å²) in [6, 6.07) is 14.1. The topological polar surface area (TPSA) is 110 Å². The molecule has 0 spiro atoms. The van der Waals surface area contributed by atoms with E-state index in [0.29, 0.717) is 27.4 Å². The fourth-order valence-electron chi connectivity index (χ4n) is 3.10. The lowest BCUT2D eigenvalue weighted by atomic mass is 10.1. The minimum Gasteiger partial charge on any atom is -0.321 e. The van der Waals surface area contributed by atoms with E-state index < -0.39 is 22.6 Å². The average Bonchev–Trinajstić information content (AvgIpc) is 3.21. The van der Waals surface area contributed by atoms with Crippen LogP contribution < -0.4 is 10.2 Å². The normalized spacial score (nSPS) is 12.8. The van der Waals surface area contributed by atoms with Crippen LogP contribution in [0.3, 0.4) is 0 Å². The van der Waals surface area contributed by atoms with Gasteiger partial charge in [0.25, 0.3) is 23.4 Å². The van der Waals surface area contributed by atoms with Crippen molar-refractivity contribution >= 4 is 46.1 Å². The van der Waals surface area contributed by atoms with Gasteiger partial charge in [0.15, 0.2) is 0 Å². The Labute approximate surface area is 168 Å². The molecule has 3 amide bonds. The molecule has 1 aliphatic heterocycles. The summed E-state index contributed by atoms with van der Waals surface area (Å²) in [5.74, 6) is -1.37. The number of nitro groups is 1. The van der Waals surface area contributed by atoms with Gasteiger partial charge in [-0.05, 0) is 37.3 Å². The number of amides is 3. The van der Waals surface area contributed by atoms with Crippen LogP contribution in [0.25, 0.3) is 0 Å². The molecule has 2 aromatic carbocycles. The molecule has 0 atom stereocenters. The van der Waals surface area contributed by atoms with Gasteiger partial charge < -0.3 is 5.32 Å². The Bertz CT molecular complexity index is 1170. The third-order valence-electron chi connectivity index (χ3n) is 4.47. The van der Waals surface area contributed by atoms with Crippen LogP contribution in [0.1, 0.15) is 35.3 Å². The summed E-state index contributed by atoms with van der Waals surface area (Å²) in [6.07, 6.45) is 0. The van der Waals surface area contributed by atoms with Crippen molar-refractivity contribution in [3.63, 3.8) is 0 Å². The number of rotatable bonds is 4. The summed E-state index contributed by atoms with van der Waals surface area (Å²) in [7, 11) is 0. The number of hydrogen-bond acceptors (Lipinski definition) is 6. The van der Waals surface area contributed by atoms with Crippen molar-refractivity contribution in [2.75, 3.05) is 10.2 Å². The van der Waals surface area contributed by atoms with Gasteiger partial charge in [-0.3, -0.25) is 24.5 Å². The van der Waals surface area contributed by atoms with E-state index in [1.165, 1.54) is 12.1 Å². The average molecular weight is 407 g/mol. The van der Waals surface area contributed by atoms with Crippen LogP contribution in [0.4, 0.5) is 17.1 Å². The first kappa shape index (κ1) is 18.5.